The number of rotatable bonds is 4. The number of amides is 1. The Morgan fingerprint density at radius 3 is 2.70 bits per heavy atom. The highest BCUT2D eigenvalue weighted by Gasteiger charge is 2.36. The second-order valence-electron chi connectivity index (χ2n) is 9.75. The van der Waals surface area contributed by atoms with Gasteiger partial charge in [0, 0.05) is 22.8 Å². The third kappa shape index (κ3) is 4.85. The zero-order chi connectivity index (χ0) is 23.9. The molecule has 174 valence electrons. The first-order chi connectivity index (χ1) is 15.6. The van der Waals surface area contributed by atoms with Crippen LogP contribution in [0.3, 0.4) is 0 Å². The number of carbonyl (C=O) groups excluding carboxylic acids is 1. The van der Waals surface area contributed by atoms with E-state index in [0.717, 1.165) is 30.6 Å². The van der Waals surface area contributed by atoms with Gasteiger partial charge in [-0.3, -0.25) is 4.79 Å². The number of amidine groups is 1. The number of aryl methyl sites for hydroxylation is 2. The SMILES string of the molecule is CCCN1c2cc(Cl)c(/C=C3/SC(=Nc4ccc(C)c(C)c4)NC3=O)cc2C(C)CC1(C)C. The van der Waals surface area contributed by atoms with Crippen LogP contribution in [0.25, 0.3) is 6.08 Å². The summed E-state index contributed by atoms with van der Waals surface area (Å²) in [5.41, 5.74) is 6.72. The topological polar surface area (TPSA) is 44.7 Å². The van der Waals surface area contributed by atoms with Crippen molar-refractivity contribution in [3.63, 3.8) is 0 Å². The molecular weight excluding hydrogens is 450 g/mol. The zero-order valence-electron chi connectivity index (χ0n) is 20.3. The van der Waals surface area contributed by atoms with Crippen LogP contribution in [-0.2, 0) is 4.79 Å². The van der Waals surface area contributed by atoms with Gasteiger partial charge in [0.2, 0.25) is 0 Å². The fourth-order valence-corrected chi connectivity index (χ4v) is 5.86. The second-order valence-corrected chi connectivity index (χ2v) is 11.2. The number of aliphatic imine (C=N–C) groups is 1. The van der Waals surface area contributed by atoms with Crippen LogP contribution in [0.2, 0.25) is 5.02 Å². The molecule has 1 fully saturated rings. The fraction of sp³-hybridized carbons (Fsp3) is 0.407. The third-order valence-electron chi connectivity index (χ3n) is 6.61. The van der Waals surface area contributed by atoms with Gasteiger partial charge < -0.3 is 10.2 Å². The summed E-state index contributed by atoms with van der Waals surface area (Å²) in [6.07, 6.45) is 4.06. The average Bonchev–Trinajstić information content (AvgIpc) is 3.07. The molecule has 2 aliphatic heterocycles. The predicted octanol–water partition coefficient (Wildman–Crippen LogP) is 7.35. The molecule has 2 heterocycles. The van der Waals surface area contributed by atoms with Crippen LogP contribution in [0.15, 0.2) is 40.2 Å². The normalized spacial score (nSPS) is 22.1. The maximum Gasteiger partial charge on any atom is 0.264 e. The smallest absolute Gasteiger partial charge is 0.264 e. The summed E-state index contributed by atoms with van der Waals surface area (Å²) in [6.45, 7) is 14.2. The average molecular weight is 482 g/mol. The monoisotopic (exact) mass is 481 g/mol. The van der Waals surface area contributed by atoms with E-state index in [1.54, 1.807) is 0 Å². The van der Waals surface area contributed by atoms with Crippen LogP contribution in [0.4, 0.5) is 11.4 Å². The lowest BCUT2D eigenvalue weighted by Crippen LogP contribution is -2.48. The zero-order valence-corrected chi connectivity index (χ0v) is 21.8. The first-order valence-corrected chi connectivity index (χ1v) is 12.8. The lowest BCUT2D eigenvalue weighted by molar-refractivity contribution is -0.115. The van der Waals surface area contributed by atoms with Crippen LogP contribution in [-0.4, -0.2) is 23.2 Å². The molecular formula is C27H32ClN3OS. The molecule has 33 heavy (non-hydrogen) atoms. The Hall–Kier alpha value is -2.24. The molecule has 1 N–H and O–H groups in total. The van der Waals surface area contributed by atoms with E-state index in [0.29, 0.717) is 21.0 Å². The number of fused-ring (bicyclic) bond motifs is 1. The fourth-order valence-electron chi connectivity index (χ4n) is 4.81. The largest absolute Gasteiger partial charge is 0.366 e. The minimum absolute atomic E-state index is 0.0899. The standard InChI is InChI=1S/C27H32ClN3OS/c1-7-10-31-23-14-22(28)19(12-21(23)18(4)15-27(31,5)6)13-24-25(32)30-26(33-24)29-20-9-8-16(2)17(3)11-20/h8-9,11-14,18H,7,10,15H2,1-6H3,(H,29,30,32)/b24-13+. The second kappa shape index (κ2) is 9.19. The summed E-state index contributed by atoms with van der Waals surface area (Å²) in [5.74, 6) is 0.280. The summed E-state index contributed by atoms with van der Waals surface area (Å²) in [5, 5.41) is 4.14. The molecule has 4 nitrogen and oxygen atoms in total. The first kappa shape index (κ1) is 23.9. The Balaban J connectivity index is 1.66. The molecule has 0 spiro atoms. The van der Waals surface area contributed by atoms with Crippen molar-refractivity contribution >= 4 is 51.9 Å². The quantitative estimate of drug-likeness (QED) is 0.464. The van der Waals surface area contributed by atoms with E-state index in [2.05, 4.69) is 68.9 Å². The maximum absolute atomic E-state index is 12.7. The Labute approximate surface area is 206 Å². The number of carbonyl (C=O) groups is 1. The van der Waals surface area contributed by atoms with Gasteiger partial charge in [0.25, 0.3) is 5.91 Å². The van der Waals surface area contributed by atoms with Crippen molar-refractivity contribution in [2.24, 2.45) is 4.99 Å². The van der Waals surface area contributed by atoms with Gasteiger partial charge in [0.1, 0.15) is 0 Å². The molecule has 1 atom stereocenters. The lowest BCUT2D eigenvalue weighted by atomic mass is 9.79. The van der Waals surface area contributed by atoms with Gasteiger partial charge in [-0.25, -0.2) is 4.99 Å². The van der Waals surface area contributed by atoms with Crippen molar-refractivity contribution in [1.82, 2.24) is 5.32 Å². The highest BCUT2D eigenvalue weighted by Crippen LogP contribution is 2.45. The van der Waals surface area contributed by atoms with E-state index in [4.69, 9.17) is 11.6 Å². The van der Waals surface area contributed by atoms with Crippen molar-refractivity contribution in [3.8, 4) is 0 Å². The van der Waals surface area contributed by atoms with Gasteiger partial charge in [0.15, 0.2) is 5.17 Å². The molecule has 6 heteroatoms. The molecule has 0 bridgehead atoms. The van der Waals surface area contributed by atoms with Crippen molar-refractivity contribution < 1.29 is 4.79 Å². The van der Waals surface area contributed by atoms with Crippen molar-refractivity contribution in [2.75, 3.05) is 11.4 Å². The number of hydrogen-bond donors (Lipinski definition) is 1. The van der Waals surface area contributed by atoms with Crippen LogP contribution in [0, 0.1) is 13.8 Å². The van der Waals surface area contributed by atoms with E-state index < -0.39 is 0 Å². The van der Waals surface area contributed by atoms with Gasteiger partial charge in [-0.2, -0.15) is 0 Å². The highest BCUT2D eigenvalue weighted by atomic mass is 35.5. The first-order valence-electron chi connectivity index (χ1n) is 11.6. The molecule has 4 rings (SSSR count). The molecule has 1 saturated heterocycles. The van der Waals surface area contributed by atoms with E-state index >= 15 is 0 Å². The number of halogens is 1. The molecule has 0 aliphatic carbocycles. The number of benzene rings is 2. The third-order valence-corrected chi connectivity index (χ3v) is 7.85. The van der Waals surface area contributed by atoms with Crippen LogP contribution in [0.1, 0.15) is 68.7 Å². The highest BCUT2D eigenvalue weighted by molar-refractivity contribution is 8.18. The number of anilines is 1. The molecule has 1 unspecified atom stereocenters. The van der Waals surface area contributed by atoms with Crippen molar-refractivity contribution in [2.45, 2.75) is 65.8 Å². The van der Waals surface area contributed by atoms with E-state index in [9.17, 15) is 4.79 Å². The molecule has 1 amide bonds. The van der Waals surface area contributed by atoms with E-state index in [1.165, 1.54) is 34.1 Å². The minimum Gasteiger partial charge on any atom is -0.366 e. The molecule has 2 aromatic rings. The summed E-state index contributed by atoms with van der Waals surface area (Å²) in [4.78, 5) is 20.4. The Morgan fingerprint density at radius 2 is 2.00 bits per heavy atom. The predicted molar refractivity (Wildman–Crippen MR) is 143 cm³/mol. The summed E-state index contributed by atoms with van der Waals surface area (Å²) < 4.78 is 0. The van der Waals surface area contributed by atoms with Crippen LogP contribution >= 0.6 is 23.4 Å². The Morgan fingerprint density at radius 1 is 1.24 bits per heavy atom. The molecule has 2 aliphatic rings. The summed E-state index contributed by atoms with van der Waals surface area (Å²) in [7, 11) is 0. The van der Waals surface area contributed by atoms with Crippen LogP contribution in [0.5, 0.6) is 0 Å². The Kier molecular flexibility index (Phi) is 6.66. The number of thioether (sulfide) groups is 1. The van der Waals surface area contributed by atoms with Gasteiger partial charge in [0.05, 0.1) is 10.6 Å². The number of nitrogens with one attached hydrogen (secondary N) is 1. The minimum atomic E-state index is -0.141. The molecule has 0 saturated carbocycles. The van der Waals surface area contributed by atoms with E-state index in [1.807, 2.05) is 24.3 Å². The molecule has 0 aromatic heterocycles. The molecule has 0 radical (unpaired) electrons. The summed E-state index contributed by atoms with van der Waals surface area (Å²) in [6, 6.07) is 10.3. The Bertz CT molecular complexity index is 1170. The van der Waals surface area contributed by atoms with Gasteiger partial charge in [-0.1, -0.05) is 31.5 Å². The maximum atomic E-state index is 12.7. The van der Waals surface area contributed by atoms with Crippen molar-refractivity contribution in [3.05, 3.63) is 62.5 Å². The number of hydrogen-bond acceptors (Lipinski definition) is 4. The van der Waals surface area contributed by atoms with Gasteiger partial charge in [-0.05, 0) is 111 Å². The number of nitrogens with zero attached hydrogens (tertiary/aromatic N) is 2. The van der Waals surface area contributed by atoms with E-state index in [-0.39, 0.29) is 11.4 Å². The van der Waals surface area contributed by atoms with Crippen LogP contribution < -0.4 is 10.2 Å². The lowest BCUT2D eigenvalue weighted by Gasteiger charge is -2.47. The summed E-state index contributed by atoms with van der Waals surface area (Å²) >= 11 is 8.10. The molecule has 2 aromatic carbocycles. The van der Waals surface area contributed by atoms with Gasteiger partial charge >= 0.3 is 0 Å². The van der Waals surface area contributed by atoms with Gasteiger partial charge in [-0.15, -0.1) is 0 Å². The van der Waals surface area contributed by atoms with Crippen molar-refractivity contribution in [1.29, 1.82) is 0 Å².